The number of rotatable bonds is 5. The molecule has 1 amide bonds. The van der Waals surface area contributed by atoms with E-state index in [2.05, 4.69) is 27.2 Å². The molecule has 0 aliphatic carbocycles. The zero-order valence-electron chi connectivity index (χ0n) is 9.20. The fraction of sp³-hybridized carbons (Fsp3) is 0.250. The van der Waals surface area contributed by atoms with E-state index in [0.717, 1.165) is 10.2 Å². The molecule has 0 fully saturated rings. The smallest absolute Gasteiger partial charge is 0.251 e. The first-order valence-electron chi connectivity index (χ1n) is 4.99. The van der Waals surface area contributed by atoms with Gasteiger partial charge in [0.2, 0.25) is 0 Å². The molecule has 0 aromatic heterocycles. The molecule has 90 valence electrons. The predicted molar refractivity (Wildman–Crippen MR) is 77.0 cm³/mol. The van der Waals surface area contributed by atoms with Crippen LogP contribution in [0.15, 0.2) is 22.7 Å². The van der Waals surface area contributed by atoms with Gasteiger partial charge in [-0.2, -0.15) is 0 Å². The Morgan fingerprint density at radius 2 is 2.35 bits per heavy atom. The van der Waals surface area contributed by atoms with Crippen molar-refractivity contribution in [3.63, 3.8) is 0 Å². The second kappa shape index (κ2) is 7.25. The van der Waals surface area contributed by atoms with Gasteiger partial charge in [0.25, 0.3) is 5.91 Å². The first-order valence-corrected chi connectivity index (χ1v) is 6.94. The molecule has 0 atom stereocenters. The number of carbonyl (C=O) groups excluding carboxylic acids is 1. The van der Waals surface area contributed by atoms with Gasteiger partial charge >= 0.3 is 0 Å². The third kappa shape index (κ3) is 4.72. The van der Waals surface area contributed by atoms with E-state index in [4.69, 9.17) is 12.2 Å². The number of benzene rings is 1. The van der Waals surface area contributed by atoms with Crippen molar-refractivity contribution in [3.8, 4) is 12.3 Å². The van der Waals surface area contributed by atoms with Crippen LogP contribution in [-0.4, -0.2) is 24.0 Å². The van der Waals surface area contributed by atoms with Crippen LogP contribution in [0.1, 0.15) is 10.4 Å². The van der Waals surface area contributed by atoms with Gasteiger partial charge in [-0.1, -0.05) is 5.92 Å². The largest absolute Gasteiger partial charge is 0.398 e. The molecular formula is C12H13BrN2OS. The van der Waals surface area contributed by atoms with Gasteiger partial charge in [0, 0.05) is 28.0 Å². The first kappa shape index (κ1) is 13.9. The van der Waals surface area contributed by atoms with E-state index < -0.39 is 0 Å². The van der Waals surface area contributed by atoms with E-state index in [9.17, 15) is 4.79 Å². The van der Waals surface area contributed by atoms with Crippen LogP contribution in [0.25, 0.3) is 0 Å². The van der Waals surface area contributed by atoms with Gasteiger partial charge < -0.3 is 11.1 Å². The van der Waals surface area contributed by atoms with Crippen LogP contribution in [0.4, 0.5) is 5.69 Å². The monoisotopic (exact) mass is 312 g/mol. The van der Waals surface area contributed by atoms with Gasteiger partial charge in [-0.05, 0) is 34.1 Å². The summed E-state index contributed by atoms with van der Waals surface area (Å²) in [5.41, 5.74) is 6.85. The molecule has 17 heavy (non-hydrogen) atoms. The molecule has 3 N–H and O–H groups in total. The molecule has 0 unspecified atom stereocenters. The molecule has 0 aliphatic rings. The summed E-state index contributed by atoms with van der Waals surface area (Å²) < 4.78 is 0.729. The third-order valence-corrected chi connectivity index (χ3v) is 3.53. The molecule has 1 aromatic rings. The lowest BCUT2D eigenvalue weighted by molar-refractivity contribution is 0.0956. The fourth-order valence-electron chi connectivity index (χ4n) is 1.14. The van der Waals surface area contributed by atoms with Gasteiger partial charge in [0.15, 0.2) is 0 Å². The molecule has 0 heterocycles. The van der Waals surface area contributed by atoms with Gasteiger partial charge in [-0.3, -0.25) is 4.79 Å². The molecule has 0 spiro atoms. The van der Waals surface area contributed by atoms with Crippen LogP contribution in [0.3, 0.4) is 0 Å². The van der Waals surface area contributed by atoms with Crippen LogP contribution in [-0.2, 0) is 0 Å². The highest BCUT2D eigenvalue weighted by Gasteiger charge is 2.06. The number of thioether (sulfide) groups is 1. The van der Waals surface area contributed by atoms with E-state index >= 15 is 0 Å². The van der Waals surface area contributed by atoms with Crippen molar-refractivity contribution in [2.24, 2.45) is 0 Å². The summed E-state index contributed by atoms with van der Waals surface area (Å²) in [6.07, 6.45) is 5.12. The molecule has 0 aliphatic heterocycles. The van der Waals surface area contributed by atoms with Gasteiger partial charge in [0.05, 0.1) is 5.75 Å². The number of anilines is 1. The summed E-state index contributed by atoms with van der Waals surface area (Å²) in [7, 11) is 0. The molecule has 0 saturated carbocycles. The number of halogens is 1. The van der Waals surface area contributed by atoms with E-state index in [1.807, 2.05) is 0 Å². The summed E-state index contributed by atoms with van der Waals surface area (Å²) in [5.74, 6) is 3.91. The van der Waals surface area contributed by atoms with Crippen LogP contribution < -0.4 is 11.1 Å². The van der Waals surface area contributed by atoms with Crippen molar-refractivity contribution >= 4 is 39.3 Å². The van der Waals surface area contributed by atoms with Gasteiger partial charge in [0.1, 0.15) is 0 Å². The highest BCUT2D eigenvalue weighted by atomic mass is 79.9. The SMILES string of the molecule is C#CCSCCNC(=O)c1ccc(N)c(Br)c1. The first-order chi connectivity index (χ1) is 8.15. The molecule has 1 rings (SSSR count). The summed E-state index contributed by atoms with van der Waals surface area (Å²) in [4.78, 5) is 11.7. The lowest BCUT2D eigenvalue weighted by Gasteiger charge is -2.05. The number of carbonyl (C=O) groups is 1. The predicted octanol–water partition coefficient (Wildman–Crippen LogP) is 2.13. The maximum atomic E-state index is 11.7. The lowest BCUT2D eigenvalue weighted by atomic mass is 10.2. The van der Waals surface area contributed by atoms with Crippen LogP contribution in [0.5, 0.6) is 0 Å². The fourth-order valence-corrected chi connectivity index (χ4v) is 2.03. The topological polar surface area (TPSA) is 55.1 Å². The Morgan fingerprint density at radius 1 is 1.59 bits per heavy atom. The second-order valence-electron chi connectivity index (χ2n) is 3.25. The lowest BCUT2D eigenvalue weighted by Crippen LogP contribution is -2.25. The summed E-state index contributed by atoms with van der Waals surface area (Å²) >= 11 is 4.90. The summed E-state index contributed by atoms with van der Waals surface area (Å²) in [6.45, 7) is 0.604. The Hall–Kier alpha value is -1.12. The minimum Gasteiger partial charge on any atom is -0.398 e. The number of hydrogen-bond donors (Lipinski definition) is 2. The quantitative estimate of drug-likeness (QED) is 0.497. The number of nitrogen functional groups attached to an aromatic ring is 1. The second-order valence-corrected chi connectivity index (χ2v) is 5.21. The minimum absolute atomic E-state index is 0.105. The normalized spacial score (nSPS) is 9.65. The Kier molecular flexibility index (Phi) is 5.95. The average Bonchev–Trinajstić information content (AvgIpc) is 2.32. The molecule has 0 bridgehead atoms. The van der Waals surface area contributed by atoms with Crippen LogP contribution in [0.2, 0.25) is 0 Å². The molecule has 5 heteroatoms. The Labute approximate surface area is 114 Å². The minimum atomic E-state index is -0.105. The molecular weight excluding hydrogens is 300 g/mol. The zero-order chi connectivity index (χ0) is 12.7. The Morgan fingerprint density at radius 3 is 3.00 bits per heavy atom. The standard InChI is InChI=1S/C12H13BrN2OS/c1-2-6-17-7-5-15-12(16)9-3-4-11(14)10(13)8-9/h1,3-4,8H,5-7,14H2,(H,15,16). The molecule has 0 radical (unpaired) electrons. The van der Waals surface area contributed by atoms with Crippen molar-refractivity contribution in [1.82, 2.24) is 5.32 Å². The van der Waals surface area contributed by atoms with Crippen molar-refractivity contribution < 1.29 is 4.79 Å². The summed E-state index contributed by atoms with van der Waals surface area (Å²) in [6, 6.07) is 5.11. The number of terminal acetylenes is 1. The van der Waals surface area contributed by atoms with E-state index in [-0.39, 0.29) is 5.91 Å². The van der Waals surface area contributed by atoms with Crippen molar-refractivity contribution in [2.75, 3.05) is 23.8 Å². The van der Waals surface area contributed by atoms with E-state index in [0.29, 0.717) is 23.5 Å². The number of amides is 1. The third-order valence-electron chi connectivity index (χ3n) is 1.98. The van der Waals surface area contributed by atoms with Crippen molar-refractivity contribution in [2.45, 2.75) is 0 Å². The van der Waals surface area contributed by atoms with Crippen LogP contribution >= 0.6 is 27.7 Å². The highest BCUT2D eigenvalue weighted by molar-refractivity contribution is 9.10. The number of hydrogen-bond acceptors (Lipinski definition) is 3. The summed E-state index contributed by atoms with van der Waals surface area (Å²) in [5, 5.41) is 2.81. The zero-order valence-corrected chi connectivity index (χ0v) is 11.6. The highest BCUT2D eigenvalue weighted by Crippen LogP contribution is 2.20. The maximum Gasteiger partial charge on any atom is 0.251 e. The Bertz CT molecular complexity index is 443. The van der Waals surface area contributed by atoms with Crippen molar-refractivity contribution in [3.05, 3.63) is 28.2 Å². The number of nitrogens with one attached hydrogen (secondary N) is 1. The maximum absolute atomic E-state index is 11.7. The van der Waals surface area contributed by atoms with E-state index in [1.165, 1.54) is 0 Å². The molecule has 1 aromatic carbocycles. The van der Waals surface area contributed by atoms with Gasteiger partial charge in [-0.15, -0.1) is 18.2 Å². The Balaban J connectivity index is 2.42. The number of nitrogens with two attached hydrogens (primary N) is 1. The van der Waals surface area contributed by atoms with Crippen molar-refractivity contribution in [1.29, 1.82) is 0 Å². The molecule has 0 saturated heterocycles. The average molecular weight is 313 g/mol. The van der Waals surface area contributed by atoms with Crippen LogP contribution in [0, 0.1) is 12.3 Å². The van der Waals surface area contributed by atoms with E-state index in [1.54, 1.807) is 30.0 Å². The molecule has 3 nitrogen and oxygen atoms in total. The van der Waals surface area contributed by atoms with Gasteiger partial charge in [-0.25, -0.2) is 0 Å².